The number of Topliss-reactive ketones (excluding diaryl/α,β-unsaturated/α-hetero) is 1. The van der Waals surface area contributed by atoms with Gasteiger partial charge in [-0.05, 0) is 109 Å². The van der Waals surface area contributed by atoms with Crippen molar-refractivity contribution in [1.29, 1.82) is 0 Å². The second-order valence-corrected chi connectivity index (χ2v) is 21.5. The third-order valence-corrected chi connectivity index (χ3v) is 13.6. The lowest BCUT2D eigenvalue weighted by Crippen LogP contribution is -2.62. The summed E-state index contributed by atoms with van der Waals surface area (Å²) in [6.45, 7) is 6.53. The van der Waals surface area contributed by atoms with Crippen molar-refractivity contribution < 1.29 is 67.7 Å². The number of rotatable bonds is 29. The van der Waals surface area contributed by atoms with Crippen LogP contribution in [0.2, 0.25) is 0 Å². The normalized spacial score (nSPS) is 22.5. The number of nitrogens with two attached hydrogens (primary N) is 5. The summed E-state index contributed by atoms with van der Waals surface area (Å²) in [5.74, 6) is -10.9. The summed E-state index contributed by atoms with van der Waals surface area (Å²) in [5, 5.41) is 49.2. The number of amides is 11. The van der Waals surface area contributed by atoms with Crippen LogP contribution < -0.4 is 87.2 Å². The monoisotopic (exact) mass is 1200 g/mol. The minimum Gasteiger partial charge on any atom is -0.391 e. The molecule has 1 fully saturated rings. The molecule has 0 spiro atoms. The van der Waals surface area contributed by atoms with E-state index in [4.69, 9.17) is 28.7 Å². The fourth-order valence-electron chi connectivity index (χ4n) is 8.96. The van der Waals surface area contributed by atoms with Crippen LogP contribution in [0.15, 0.2) is 30.3 Å². The number of carbonyl (C=O) groups excluding carboxylic acids is 12. The molecule has 0 radical (unpaired) electrons. The number of ketones is 1. The number of aliphatic hydroxyl groups is 2. The zero-order valence-corrected chi connectivity index (χ0v) is 49.5. The molecule has 1 aliphatic rings. The van der Waals surface area contributed by atoms with Crippen LogP contribution in [0.25, 0.3) is 0 Å². The maximum atomic E-state index is 14.5. The molecule has 23 N–H and O–H groups in total. The van der Waals surface area contributed by atoms with Gasteiger partial charge in [-0.2, -0.15) is 0 Å². The van der Waals surface area contributed by atoms with Gasteiger partial charge in [-0.25, -0.2) is 0 Å². The van der Waals surface area contributed by atoms with Crippen molar-refractivity contribution in [2.24, 2.45) is 34.6 Å². The first-order chi connectivity index (χ1) is 40.3. The Morgan fingerprint density at radius 3 is 1.58 bits per heavy atom. The molecule has 30 nitrogen and oxygen atoms in total. The first kappa shape index (κ1) is 73.9. The number of hydrogen-bond acceptors (Lipinski definition) is 19. The number of nitrogens with one attached hydrogen (secondary N) is 11. The molecule has 0 unspecified atom stereocenters. The summed E-state index contributed by atoms with van der Waals surface area (Å²) in [5.41, 5.74) is 29.8. The fraction of sp³-hybridized carbons (Fsp3) is 0.673. The van der Waals surface area contributed by atoms with Crippen LogP contribution in [0.3, 0.4) is 0 Å². The predicted octanol–water partition coefficient (Wildman–Crippen LogP) is -6.31. The molecular formula is C55H94N16O14. The SMILES string of the molecule is CCCCCC(=O)CC(=O)N[C@@H](CCN)C(=O)N[C@H](C(=O)N[C@@H](CCN)C(=O)N[C@H]1CCNC(=O)[C@H]([C@@H](C)O)NC(=O)[C@H](CCN)NC(=O)[C@H](CCN)NC(=O)[C@H](CC(C)C)NC(=O)[C@@H](Cc2ccccc2)NC(=O)[C@H](CCN)NC1=O)[C@@H](C)O. The van der Waals surface area contributed by atoms with E-state index in [1.54, 1.807) is 44.2 Å². The molecule has 0 aromatic heterocycles. The van der Waals surface area contributed by atoms with Crippen LogP contribution in [0.1, 0.15) is 117 Å². The van der Waals surface area contributed by atoms with Crippen LogP contribution in [0.4, 0.5) is 0 Å². The molecule has 0 aliphatic carbocycles. The van der Waals surface area contributed by atoms with Crippen molar-refractivity contribution >= 4 is 70.8 Å². The second kappa shape index (κ2) is 39.4. The van der Waals surface area contributed by atoms with Gasteiger partial charge in [0, 0.05) is 19.4 Å². The number of carbonyl (C=O) groups is 12. The summed E-state index contributed by atoms with van der Waals surface area (Å²) >= 11 is 0. The van der Waals surface area contributed by atoms with Crippen molar-refractivity contribution in [3.8, 4) is 0 Å². The molecule has 1 aromatic carbocycles. The Labute approximate surface area is 496 Å². The Morgan fingerprint density at radius 2 is 1.07 bits per heavy atom. The van der Waals surface area contributed by atoms with Gasteiger partial charge in [0.15, 0.2) is 0 Å². The average molecular weight is 1200 g/mol. The standard InChI is InChI=1S/C55H94N16O14/c1-6-7-9-14-34(74)29-43(75)62-35(15-21-56)50(80)71-45(32(5)73)55(85)67-38(18-24-59)47(77)66-40-20-26-61-54(84)44(31(4)72)70-51(81)39(19-25-60)64-46(76)36(16-22-57)65-52(82)41(27-30(2)3)68-53(83)42(28-33-12-10-8-11-13-33)69-48(78)37(17-23-58)63-49(40)79/h8,10-13,30-32,35-42,44-45,72-73H,6-7,9,14-29,56-60H2,1-5H3,(H,61,84)(H,62,75)(H,63,79)(H,64,76)(H,65,82)(H,66,77)(H,67,85)(H,68,83)(H,69,78)(H,70,81)(H,71,80)/t31-,32-,35+,36+,37+,38+,39+,40+,41+,42-,44+,45+/m1/s1. The minimum absolute atomic E-state index is 0.0365. The van der Waals surface area contributed by atoms with Gasteiger partial charge < -0.3 is 97.4 Å². The first-order valence-corrected chi connectivity index (χ1v) is 29.1. The minimum atomic E-state index is -1.77. The Kier molecular flexibility index (Phi) is 34.3. The second-order valence-electron chi connectivity index (χ2n) is 21.5. The number of unbranched alkanes of at least 4 members (excludes halogenated alkanes) is 2. The van der Waals surface area contributed by atoms with Crippen molar-refractivity contribution in [1.82, 2.24) is 58.5 Å². The molecule has 85 heavy (non-hydrogen) atoms. The highest BCUT2D eigenvalue weighted by Crippen LogP contribution is 2.12. The highest BCUT2D eigenvalue weighted by atomic mass is 16.3. The van der Waals surface area contributed by atoms with E-state index < -0.39 is 157 Å². The molecule has 12 atom stereocenters. The van der Waals surface area contributed by atoms with Gasteiger partial charge in [0.25, 0.3) is 0 Å². The van der Waals surface area contributed by atoms with E-state index >= 15 is 0 Å². The summed E-state index contributed by atoms with van der Waals surface area (Å²) < 4.78 is 0. The molecule has 1 aliphatic heterocycles. The highest BCUT2D eigenvalue weighted by Gasteiger charge is 2.37. The zero-order valence-electron chi connectivity index (χ0n) is 49.5. The van der Waals surface area contributed by atoms with E-state index in [-0.39, 0.29) is 95.8 Å². The van der Waals surface area contributed by atoms with E-state index in [9.17, 15) is 67.7 Å². The molecule has 11 amide bonds. The molecule has 1 saturated heterocycles. The Hall–Kier alpha value is -7.22. The third kappa shape index (κ3) is 26.7. The van der Waals surface area contributed by atoms with Crippen molar-refractivity contribution in [3.05, 3.63) is 35.9 Å². The lowest BCUT2D eigenvalue weighted by atomic mass is 10.00. The van der Waals surface area contributed by atoms with Crippen molar-refractivity contribution in [2.75, 3.05) is 39.3 Å². The van der Waals surface area contributed by atoms with E-state index in [0.717, 1.165) is 19.8 Å². The van der Waals surface area contributed by atoms with E-state index in [0.29, 0.717) is 12.0 Å². The smallest absolute Gasteiger partial charge is 0.245 e. The zero-order chi connectivity index (χ0) is 63.8. The molecule has 30 heteroatoms. The number of hydrogen-bond donors (Lipinski definition) is 18. The van der Waals surface area contributed by atoms with E-state index in [2.05, 4.69) is 58.5 Å². The lowest BCUT2D eigenvalue weighted by molar-refractivity contribution is -0.137. The molecule has 2 rings (SSSR count). The van der Waals surface area contributed by atoms with Crippen molar-refractivity contribution in [2.45, 2.75) is 191 Å². The highest BCUT2D eigenvalue weighted by molar-refractivity contribution is 6.01. The first-order valence-electron chi connectivity index (χ1n) is 29.1. The van der Waals surface area contributed by atoms with Gasteiger partial charge in [0.05, 0.1) is 18.6 Å². The Bertz CT molecular complexity index is 2370. The quantitative estimate of drug-likeness (QED) is 0.0262. The molecule has 478 valence electrons. The van der Waals surface area contributed by atoms with Crippen molar-refractivity contribution in [3.63, 3.8) is 0 Å². The summed E-state index contributed by atoms with van der Waals surface area (Å²) in [6.07, 6.45) is -2.91. The van der Waals surface area contributed by atoms with E-state index in [1.807, 2.05) is 6.92 Å². The lowest BCUT2D eigenvalue weighted by Gasteiger charge is -2.29. The van der Waals surface area contributed by atoms with Gasteiger partial charge in [0.1, 0.15) is 66.2 Å². The Morgan fingerprint density at radius 1 is 0.576 bits per heavy atom. The average Bonchev–Trinajstić information content (AvgIpc) is 3.53. The molecule has 1 heterocycles. The topological polar surface area (TPSA) is 508 Å². The van der Waals surface area contributed by atoms with Crippen LogP contribution in [-0.2, 0) is 64.0 Å². The van der Waals surface area contributed by atoms with Gasteiger partial charge in [0.2, 0.25) is 65.0 Å². The fourth-order valence-corrected chi connectivity index (χ4v) is 8.96. The molecule has 1 aromatic rings. The van der Waals surface area contributed by atoms with Crippen LogP contribution in [0.5, 0.6) is 0 Å². The summed E-state index contributed by atoms with van der Waals surface area (Å²) in [6, 6.07) is -6.64. The van der Waals surface area contributed by atoms with Crippen LogP contribution in [-0.4, -0.2) is 193 Å². The van der Waals surface area contributed by atoms with Gasteiger partial charge in [-0.3, -0.25) is 57.5 Å². The van der Waals surface area contributed by atoms with Gasteiger partial charge in [-0.15, -0.1) is 0 Å². The van der Waals surface area contributed by atoms with Crippen LogP contribution in [0, 0.1) is 5.92 Å². The predicted molar refractivity (Wildman–Crippen MR) is 312 cm³/mol. The van der Waals surface area contributed by atoms with Gasteiger partial charge in [-0.1, -0.05) is 63.9 Å². The largest absolute Gasteiger partial charge is 0.391 e. The van der Waals surface area contributed by atoms with Gasteiger partial charge >= 0.3 is 0 Å². The van der Waals surface area contributed by atoms with Crippen LogP contribution >= 0.6 is 0 Å². The molecular weight excluding hydrogens is 1110 g/mol. The maximum absolute atomic E-state index is 14.5. The molecule has 0 saturated carbocycles. The Balaban J connectivity index is 2.69. The maximum Gasteiger partial charge on any atom is 0.245 e. The third-order valence-electron chi connectivity index (χ3n) is 13.6. The molecule has 0 bridgehead atoms. The summed E-state index contributed by atoms with van der Waals surface area (Å²) in [4.78, 5) is 166. The number of aliphatic hydroxyl groups excluding tert-OH is 2. The number of benzene rings is 1. The van der Waals surface area contributed by atoms with E-state index in [1.165, 1.54) is 6.92 Å². The summed E-state index contributed by atoms with van der Waals surface area (Å²) in [7, 11) is 0.